The summed E-state index contributed by atoms with van der Waals surface area (Å²) in [6.07, 6.45) is 2.63. The molecular weight excluding hydrogens is 268 g/mol. The minimum Gasteiger partial charge on any atom is -0.495 e. The van der Waals surface area contributed by atoms with E-state index in [1.807, 2.05) is 24.3 Å². The third-order valence-corrected chi connectivity index (χ3v) is 3.90. The molecule has 1 aliphatic heterocycles. The second-order valence-corrected chi connectivity index (χ2v) is 5.49. The maximum Gasteiger partial charge on any atom is 0.225 e. The number of anilines is 1. The lowest BCUT2D eigenvalue weighted by atomic mass is 9.99. The van der Waals surface area contributed by atoms with Gasteiger partial charge in [0, 0.05) is 26.1 Å². The number of nitrogens with one attached hydrogen (secondary N) is 1. The van der Waals surface area contributed by atoms with Crippen molar-refractivity contribution < 1.29 is 14.6 Å². The number of likely N-dealkylation sites (tertiary alicyclic amines) is 1. The lowest BCUT2D eigenvalue weighted by molar-refractivity contribution is -0.116. The molecule has 1 fully saturated rings. The van der Waals surface area contributed by atoms with Crippen LogP contribution in [0.25, 0.3) is 0 Å². The molecular formula is C16H24N2O3. The van der Waals surface area contributed by atoms with Crippen molar-refractivity contribution in [3.05, 3.63) is 24.3 Å². The van der Waals surface area contributed by atoms with Crippen LogP contribution in [0.2, 0.25) is 0 Å². The fourth-order valence-electron chi connectivity index (χ4n) is 2.72. The van der Waals surface area contributed by atoms with E-state index >= 15 is 0 Å². The fraction of sp³-hybridized carbons (Fsp3) is 0.562. The molecule has 1 aliphatic rings. The Morgan fingerprint density at radius 3 is 3.05 bits per heavy atom. The summed E-state index contributed by atoms with van der Waals surface area (Å²) in [5.41, 5.74) is 0.705. The van der Waals surface area contributed by atoms with E-state index < -0.39 is 0 Å². The number of carbonyl (C=O) groups is 1. The first-order valence-corrected chi connectivity index (χ1v) is 7.49. The molecule has 2 N–H and O–H groups in total. The summed E-state index contributed by atoms with van der Waals surface area (Å²) in [7, 11) is 1.59. The molecule has 1 aromatic rings. The molecule has 0 aromatic heterocycles. The molecule has 1 saturated heterocycles. The number of ether oxygens (including phenoxy) is 1. The third-order valence-electron chi connectivity index (χ3n) is 3.90. The number of aliphatic hydroxyl groups excluding tert-OH is 1. The molecule has 2 rings (SSSR count). The minimum atomic E-state index is -0.00868. The largest absolute Gasteiger partial charge is 0.495 e. The zero-order valence-electron chi connectivity index (χ0n) is 12.5. The summed E-state index contributed by atoms with van der Waals surface area (Å²) in [6, 6.07) is 7.40. The first kappa shape index (κ1) is 15.8. The van der Waals surface area contributed by atoms with Gasteiger partial charge in [0.25, 0.3) is 0 Å². The van der Waals surface area contributed by atoms with Crippen molar-refractivity contribution >= 4 is 11.6 Å². The van der Waals surface area contributed by atoms with Crippen molar-refractivity contribution in [1.29, 1.82) is 0 Å². The number of para-hydroxylation sites is 2. The first-order valence-electron chi connectivity index (χ1n) is 7.49. The fourth-order valence-corrected chi connectivity index (χ4v) is 2.72. The van der Waals surface area contributed by atoms with E-state index in [4.69, 9.17) is 4.74 Å². The van der Waals surface area contributed by atoms with E-state index in [1.165, 1.54) is 0 Å². The number of amides is 1. The highest BCUT2D eigenvalue weighted by atomic mass is 16.5. The summed E-state index contributed by atoms with van der Waals surface area (Å²) in [4.78, 5) is 14.3. The molecule has 1 unspecified atom stereocenters. The Labute approximate surface area is 125 Å². The number of piperidine rings is 1. The van der Waals surface area contributed by atoms with Gasteiger partial charge in [-0.15, -0.1) is 0 Å². The number of rotatable bonds is 6. The zero-order valence-corrected chi connectivity index (χ0v) is 12.5. The van der Waals surface area contributed by atoms with E-state index in [2.05, 4.69) is 10.2 Å². The molecule has 1 aromatic carbocycles. The van der Waals surface area contributed by atoms with Crippen molar-refractivity contribution in [1.82, 2.24) is 4.90 Å². The summed E-state index contributed by atoms with van der Waals surface area (Å²) >= 11 is 0. The van der Waals surface area contributed by atoms with Crippen LogP contribution in [0, 0.1) is 5.92 Å². The Hall–Kier alpha value is -1.59. The average Bonchev–Trinajstić information content (AvgIpc) is 2.53. The third kappa shape index (κ3) is 4.72. The van der Waals surface area contributed by atoms with Gasteiger partial charge >= 0.3 is 0 Å². The van der Waals surface area contributed by atoms with Gasteiger partial charge in [0.05, 0.1) is 12.8 Å². The number of aliphatic hydroxyl groups is 1. The number of benzene rings is 1. The van der Waals surface area contributed by atoms with E-state index in [-0.39, 0.29) is 12.5 Å². The van der Waals surface area contributed by atoms with Crippen LogP contribution in [0.3, 0.4) is 0 Å². The normalized spacial score (nSPS) is 19.2. The van der Waals surface area contributed by atoms with Gasteiger partial charge in [0.15, 0.2) is 0 Å². The molecule has 1 amide bonds. The number of nitrogens with zero attached hydrogens (tertiary/aromatic N) is 1. The van der Waals surface area contributed by atoms with Crippen LogP contribution in [0.5, 0.6) is 5.75 Å². The topological polar surface area (TPSA) is 61.8 Å². The smallest absolute Gasteiger partial charge is 0.225 e. The SMILES string of the molecule is COc1ccccc1NC(=O)CCN1CCCC(CO)C1. The van der Waals surface area contributed by atoms with E-state index in [1.54, 1.807) is 7.11 Å². The maximum atomic E-state index is 12.0. The van der Waals surface area contributed by atoms with Crippen LogP contribution in [0.1, 0.15) is 19.3 Å². The lowest BCUT2D eigenvalue weighted by Gasteiger charge is -2.31. The van der Waals surface area contributed by atoms with E-state index in [0.717, 1.165) is 32.5 Å². The maximum absolute atomic E-state index is 12.0. The number of hydrogen-bond acceptors (Lipinski definition) is 4. The second-order valence-electron chi connectivity index (χ2n) is 5.49. The van der Waals surface area contributed by atoms with Crippen LogP contribution in [-0.4, -0.2) is 49.3 Å². The van der Waals surface area contributed by atoms with Crippen molar-refractivity contribution in [2.45, 2.75) is 19.3 Å². The average molecular weight is 292 g/mol. The van der Waals surface area contributed by atoms with Crippen LogP contribution in [0.15, 0.2) is 24.3 Å². The molecule has 1 heterocycles. The Bertz CT molecular complexity index is 465. The monoisotopic (exact) mass is 292 g/mol. The Kier molecular flexibility index (Phi) is 6.02. The number of carbonyl (C=O) groups excluding carboxylic acids is 1. The summed E-state index contributed by atoms with van der Waals surface area (Å²) < 4.78 is 5.22. The predicted molar refractivity (Wildman–Crippen MR) is 82.5 cm³/mol. The summed E-state index contributed by atoms with van der Waals surface area (Å²) in [5, 5.41) is 12.1. The van der Waals surface area contributed by atoms with Gasteiger partial charge in [-0.1, -0.05) is 12.1 Å². The number of methoxy groups -OCH3 is 1. The molecule has 21 heavy (non-hydrogen) atoms. The molecule has 0 radical (unpaired) electrons. The van der Waals surface area contributed by atoms with Gasteiger partial charge in [-0.2, -0.15) is 0 Å². The predicted octanol–water partition coefficient (Wildman–Crippen LogP) is 1.73. The molecule has 0 bridgehead atoms. The van der Waals surface area contributed by atoms with Crippen molar-refractivity contribution in [3.8, 4) is 5.75 Å². The molecule has 5 heteroatoms. The molecule has 116 valence electrons. The van der Waals surface area contributed by atoms with Gasteiger partial charge < -0.3 is 20.1 Å². The van der Waals surface area contributed by atoms with E-state index in [0.29, 0.717) is 23.8 Å². The summed E-state index contributed by atoms with van der Waals surface area (Å²) in [6.45, 7) is 2.87. The molecule has 0 aliphatic carbocycles. The molecule has 0 saturated carbocycles. The first-order chi connectivity index (χ1) is 10.2. The van der Waals surface area contributed by atoms with Crippen molar-refractivity contribution in [2.75, 3.05) is 38.7 Å². The molecule has 1 atom stereocenters. The van der Waals surface area contributed by atoms with Gasteiger partial charge in [-0.25, -0.2) is 0 Å². The standard InChI is InChI=1S/C16H24N2O3/c1-21-15-7-3-2-6-14(15)17-16(20)8-10-18-9-4-5-13(11-18)12-19/h2-3,6-7,13,19H,4-5,8-12H2,1H3,(H,17,20). The van der Waals surface area contributed by atoms with Gasteiger partial charge in [-0.05, 0) is 37.4 Å². The van der Waals surface area contributed by atoms with Gasteiger partial charge in [-0.3, -0.25) is 4.79 Å². The minimum absolute atomic E-state index is 0.00868. The van der Waals surface area contributed by atoms with Gasteiger partial charge in [0.2, 0.25) is 5.91 Å². The highest BCUT2D eigenvalue weighted by molar-refractivity contribution is 5.92. The highest BCUT2D eigenvalue weighted by Crippen LogP contribution is 2.23. The Morgan fingerprint density at radius 2 is 2.29 bits per heavy atom. The lowest BCUT2D eigenvalue weighted by Crippen LogP contribution is -2.38. The van der Waals surface area contributed by atoms with Crippen LogP contribution < -0.4 is 10.1 Å². The zero-order chi connectivity index (χ0) is 15.1. The van der Waals surface area contributed by atoms with Crippen molar-refractivity contribution in [3.63, 3.8) is 0 Å². The highest BCUT2D eigenvalue weighted by Gasteiger charge is 2.19. The van der Waals surface area contributed by atoms with Crippen LogP contribution in [-0.2, 0) is 4.79 Å². The second kappa shape index (κ2) is 8.00. The number of hydrogen-bond donors (Lipinski definition) is 2. The molecule has 0 spiro atoms. The van der Waals surface area contributed by atoms with Crippen LogP contribution in [0.4, 0.5) is 5.69 Å². The van der Waals surface area contributed by atoms with Crippen molar-refractivity contribution in [2.24, 2.45) is 5.92 Å². The Balaban J connectivity index is 1.79. The van der Waals surface area contributed by atoms with Gasteiger partial charge in [0.1, 0.15) is 5.75 Å². The summed E-state index contributed by atoms with van der Waals surface area (Å²) in [5.74, 6) is 1.02. The molecule has 5 nitrogen and oxygen atoms in total. The van der Waals surface area contributed by atoms with E-state index in [9.17, 15) is 9.90 Å². The van der Waals surface area contributed by atoms with Crippen LogP contribution >= 0.6 is 0 Å². The Morgan fingerprint density at radius 1 is 1.48 bits per heavy atom. The quantitative estimate of drug-likeness (QED) is 0.838.